The smallest absolute Gasteiger partial charge is 0.0512 e. The summed E-state index contributed by atoms with van der Waals surface area (Å²) in [5.41, 5.74) is 0. The van der Waals surface area contributed by atoms with Crippen LogP contribution in [0.5, 0.6) is 0 Å². The van der Waals surface area contributed by atoms with Crippen LogP contribution in [0.2, 0.25) is 0 Å². The molecule has 12 heavy (non-hydrogen) atoms. The Labute approximate surface area is 81.1 Å². The number of benzene rings is 1. The molecule has 1 aromatic rings. The van der Waals surface area contributed by atoms with Gasteiger partial charge in [-0.3, -0.25) is 0 Å². The van der Waals surface area contributed by atoms with Gasteiger partial charge in [0.15, 0.2) is 0 Å². The third-order valence-corrected chi connectivity index (χ3v) is 2.73. The molecule has 0 bridgehead atoms. The van der Waals surface area contributed by atoms with Crippen LogP contribution in [-0.4, -0.2) is 14.2 Å². The van der Waals surface area contributed by atoms with E-state index in [-0.39, 0.29) is 0 Å². The molecular formula is C8H10O2S2. The lowest BCUT2D eigenvalue weighted by molar-refractivity contribution is 0.483. The third kappa shape index (κ3) is 2.71. The van der Waals surface area contributed by atoms with E-state index in [1.54, 1.807) is 14.2 Å². The first-order valence-electron chi connectivity index (χ1n) is 3.39. The van der Waals surface area contributed by atoms with Crippen LogP contribution in [0.25, 0.3) is 0 Å². The van der Waals surface area contributed by atoms with E-state index in [1.807, 2.05) is 24.3 Å². The minimum Gasteiger partial charge on any atom is -0.314 e. The summed E-state index contributed by atoms with van der Waals surface area (Å²) in [7, 11) is 3.30. The normalized spacial score (nSPS) is 10.2. The molecule has 0 aliphatic heterocycles. The first-order chi connectivity index (χ1) is 5.88. The molecule has 1 aromatic carbocycles. The monoisotopic (exact) mass is 202 g/mol. The number of hydrogen-bond acceptors (Lipinski definition) is 4. The van der Waals surface area contributed by atoms with Crippen LogP contribution < -0.4 is 0 Å². The van der Waals surface area contributed by atoms with Gasteiger partial charge in [0.05, 0.1) is 24.0 Å². The molecule has 0 atom stereocenters. The highest BCUT2D eigenvalue weighted by atomic mass is 32.2. The minimum atomic E-state index is 1.08. The first-order valence-corrected chi connectivity index (χ1v) is 4.87. The Hall–Kier alpha value is -0.160. The predicted octanol–water partition coefficient (Wildman–Crippen LogP) is 2.99. The molecule has 0 amide bonds. The van der Waals surface area contributed by atoms with E-state index in [0.717, 1.165) is 9.79 Å². The molecule has 0 aliphatic rings. The fourth-order valence-corrected chi connectivity index (χ4v) is 1.90. The molecule has 66 valence electrons. The average Bonchev–Trinajstić information content (AvgIpc) is 2.09. The molecule has 4 heteroatoms. The van der Waals surface area contributed by atoms with Gasteiger partial charge in [-0.2, -0.15) is 0 Å². The van der Waals surface area contributed by atoms with E-state index < -0.39 is 0 Å². The number of rotatable bonds is 4. The van der Waals surface area contributed by atoms with Gasteiger partial charge in [0.1, 0.15) is 0 Å². The van der Waals surface area contributed by atoms with Crippen LogP contribution >= 0.6 is 24.1 Å². The second-order valence-electron chi connectivity index (χ2n) is 1.95. The molecule has 2 nitrogen and oxygen atoms in total. The lowest BCUT2D eigenvalue weighted by Crippen LogP contribution is -1.78. The van der Waals surface area contributed by atoms with Crippen LogP contribution in [0.3, 0.4) is 0 Å². The highest BCUT2D eigenvalue weighted by Crippen LogP contribution is 2.30. The summed E-state index contributed by atoms with van der Waals surface area (Å²) in [5, 5.41) is 0. The van der Waals surface area contributed by atoms with Crippen LogP contribution in [0.4, 0.5) is 0 Å². The van der Waals surface area contributed by atoms with Gasteiger partial charge in [-0.15, -0.1) is 0 Å². The van der Waals surface area contributed by atoms with Crippen molar-refractivity contribution >= 4 is 24.1 Å². The van der Waals surface area contributed by atoms with Crippen molar-refractivity contribution in [3.63, 3.8) is 0 Å². The zero-order valence-corrected chi connectivity index (χ0v) is 8.58. The summed E-state index contributed by atoms with van der Waals surface area (Å²) in [6.07, 6.45) is 0. The zero-order chi connectivity index (χ0) is 8.81. The van der Waals surface area contributed by atoms with Crippen LogP contribution in [-0.2, 0) is 8.37 Å². The largest absolute Gasteiger partial charge is 0.314 e. The molecule has 0 spiro atoms. The molecule has 0 radical (unpaired) electrons. The summed E-state index contributed by atoms with van der Waals surface area (Å²) < 4.78 is 9.93. The molecule has 0 fully saturated rings. The fourth-order valence-electron chi connectivity index (χ4n) is 0.767. The summed E-state index contributed by atoms with van der Waals surface area (Å²) >= 11 is 2.68. The van der Waals surface area contributed by atoms with Crippen LogP contribution in [0, 0.1) is 0 Å². The quantitative estimate of drug-likeness (QED) is 0.698. The third-order valence-electron chi connectivity index (χ3n) is 1.20. The fraction of sp³-hybridized carbons (Fsp3) is 0.250. The number of hydrogen-bond donors (Lipinski definition) is 0. The zero-order valence-electron chi connectivity index (χ0n) is 6.94. The molecule has 0 unspecified atom stereocenters. The summed E-state index contributed by atoms with van der Waals surface area (Å²) in [6, 6.07) is 7.94. The maximum absolute atomic E-state index is 4.96. The first kappa shape index (κ1) is 9.92. The summed E-state index contributed by atoms with van der Waals surface area (Å²) in [4.78, 5) is 2.15. The van der Waals surface area contributed by atoms with Gasteiger partial charge in [0.2, 0.25) is 0 Å². The molecule has 0 heterocycles. The van der Waals surface area contributed by atoms with E-state index in [9.17, 15) is 0 Å². The average molecular weight is 202 g/mol. The van der Waals surface area contributed by atoms with Gasteiger partial charge >= 0.3 is 0 Å². The molecule has 0 N–H and O–H groups in total. The summed E-state index contributed by atoms with van der Waals surface area (Å²) in [5.74, 6) is 0. The summed E-state index contributed by atoms with van der Waals surface area (Å²) in [6.45, 7) is 0. The maximum Gasteiger partial charge on any atom is 0.0512 e. The van der Waals surface area contributed by atoms with Crippen molar-refractivity contribution in [1.29, 1.82) is 0 Å². The van der Waals surface area contributed by atoms with Gasteiger partial charge in [-0.1, -0.05) is 12.1 Å². The van der Waals surface area contributed by atoms with Gasteiger partial charge in [0, 0.05) is 24.1 Å². The Morgan fingerprint density at radius 1 is 0.917 bits per heavy atom. The van der Waals surface area contributed by atoms with Crippen LogP contribution in [0.15, 0.2) is 34.1 Å². The van der Waals surface area contributed by atoms with Crippen molar-refractivity contribution in [2.45, 2.75) is 9.79 Å². The van der Waals surface area contributed by atoms with E-state index in [2.05, 4.69) is 0 Å². The van der Waals surface area contributed by atoms with E-state index in [0.29, 0.717) is 0 Å². The van der Waals surface area contributed by atoms with E-state index in [4.69, 9.17) is 8.37 Å². The Morgan fingerprint density at radius 2 is 1.33 bits per heavy atom. The van der Waals surface area contributed by atoms with Crippen molar-refractivity contribution < 1.29 is 8.37 Å². The lowest BCUT2D eigenvalue weighted by Gasteiger charge is -2.03. The molecule has 1 rings (SSSR count). The SMILES string of the molecule is COSc1ccccc1SOC. The van der Waals surface area contributed by atoms with E-state index >= 15 is 0 Å². The van der Waals surface area contributed by atoms with Gasteiger partial charge < -0.3 is 8.37 Å². The molecule has 0 aromatic heterocycles. The Balaban J connectivity index is 2.77. The van der Waals surface area contributed by atoms with Gasteiger partial charge in [0.25, 0.3) is 0 Å². The molecule has 0 saturated carbocycles. The maximum atomic E-state index is 4.96. The van der Waals surface area contributed by atoms with Gasteiger partial charge in [-0.25, -0.2) is 0 Å². The topological polar surface area (TPSA) is 18.5 Å². The molecule has 0 saturated heterocycles. The second-order valence-corrected chi connectivity index (χ2v) is 3.83. The van der Waals surface area contributed by atoms with E-state index in [1.165, 1.54) is 24.1 Å². The van der Waals surface area contributed by atoms with Gasteiger partial charge in [-0.05, 0) is 12.1 Å². The molecule has 0 aliphatic carbocycles. The van der Waals surface area contributed by atoms with Crippen molar-refractivity contribution in [1.82, 2.24) is 0 Å². The highest BCUT2D eigenvalue weighted by molar-refractivity contribution is 7.97. The standard InChI is InChI=1S/C8H10O2S2/c1-9-11-7-5-3-4-6-8(7)12-10-2/h3-6H,1-2H3. The van der Waals surface area contributed by atoms with Crippen LogP contribution in [0.1, 0.15) is 0 Å². The Kier molecular flexibility index (Phi) is 4.53. The predicted molar refractivity (Wildman–Crippen MR) is 52.2 cm³/mol. The Bertz CT molecular complexity index is 215. The molecular weight excluding hydrogens is 192 g/mol. The van der Waals surface area contributed by atoms with Crippen molar-refractivity contribution in [2.75, 3.05) is 14.2 Å². The van der Waals surface area contributed by atoms with Crippen molar-refractivity contribution in [2.24, 2.45) is 0 Å². The van der Waals surface area contributed by atoms with Crippen molar-refractivity contribution in [3.05, 3.63) is 24.3 Å². The second kappa shape index (κ2) is 5.48. The minimum absolute atomic E-state index is 1.08. The Morgan fingerprint density at radius 3 is 1.67 bits per heavy atom. The lowest BCUT2D eigenvalue weighted by atomic mass is 10.4. The van der Waals surface area contributed by atoms with Crippen molar-refractivity contribution in [3.8, 4) is 0 Å². The highest BCUT2D eigenvalue weighted by Gasteiger charge is 2.01.